The molecule has 4 nitrogen and oxygen atoms in total. The molecule has 0 unspecified atom stereocenters. The van der Waals surface area contributed by atoms with Gasteiger partial charge in [-0.25, -0.2) is 4.79 Å². The number of ketones is 1. The second-order valence-corrected chi connectivity index (χ2v) is 7.10. The SMILES string of the molecule is Cc1ccc(C(=O)Oc2cc(C)c3c(c2)O/C(=C\C=C\c2ccccc2)C3=O)cc1. The van der Waals surface area contributed by atoms with E-state index < -0.39 is 5.97 Å². The molecule has 30 heavy (non-hydrogen) atoms. The molecule has 0 bridgehead atoms. The summed E-state index contributed by atoms with van der Waals surface area (Å²) in [4.78, 5) is 25.1. The van der Waals surface area contributed by atoms with Crippen molar-refractivity contribution in [3.63, 3.8) is 0 Å². The largest absolute Gasteiger partial charge is 0.452 e. The Balaban J connectivity index is 1.53. The monoisotopic (exact) mass is 396 g/mol. The number of carbonyl (C=O) groups excluding carboxylic acids is 2. The zero-order chi connectivity index (χ0) is 21.1. The Morgan fingerprint density at radius 1 is 0.967 bits per heavy atom. The molecule has 1 aliphatic rings. The van der Waals surface area contributed by atoms with E-state index in [9.17, 15) is 9.59 Å². The fraction of sp³-hybridized carbons (Fsp3) is 0.0769. The highest BCUT2D eigenvalue weighted by Crippen LogP contribution is 2.37. The van der Waals surface area contributed by atoms with Gasteiger partial charge in [0.05, 0.1) is 11.1 Å². The van der Waals surface area contributed by atoms with Crippen LogP contribution in [0.4, 0.5) is 0 Å². The minimum absolute atomic E-state index is 0.184. The Labute approximate surface area is 175 Å². The third kappa shape index (κ3) is 4.08. The van der Waals surface area contributed by atoms with Crippen molar-refractivity contribution in [1.29, 1.82) is 0 Å². The maximum atomic E-state index is 12.7. The van der Waals surface area contributed by atoms with Crippen LogP contribution in [0.25, 0.3) is 6.08 Å². The van der Waals surface area contributed by atoms with Gasteiger partial charge in [0, 0.05) is 6.07 Å². The summed E-state index contributed by atoms with van der Waals surface area (Å²) >= 11 is 0. The van der Waals surface area contributed by atoms with Gasteiger partial charge in [-0.15, -0.1) is 0 Å². The normalized spacial score (nSPS) is 14.1. The highest BCUT2D eigenvalue weighted by Gasteiger charge is 2.30. The first-order valence-electron chi connectivity index (χ1n) is 9.61. The average molecular weight is 396 g/mol. The van der Waals surface area contributed by atoms with Gasteiger partial charge < -0.3 is 9.47 Å². The van der Waals surface area contributed by atoms with Crippen LogP contribution in [0.1, 0.15) is 37.4 Å². The van der Waals surface area contributed by atoms with Crippen molar-refractivity contribution in [3.05, 3.63) is 112 Å². The van der Waals surface area contributed by atoms with E-state index in [0.29, 0.717) is 28.2 Å². The van der Waals surface area contributed by atoms with Crippen LogP contribution in [0.5, 0.6) is 11.5 Å². The molecule has 3 aromatic rings. The number of esters is 1. The molecule has 0 amide bonds. The molecule has 0 atom stereocenters. The minimum atomic E-state index is -0.458. The fourth-order valence-electron chi connectivity index (χ4n) is 3.22. The number of allylic oxidation sites excluding steroid dienone is 3. The molecule has 0 fully saturated rings. The third-order valence-corrected chi connectivity index (χ3v) is 4.78. The van der Waals surface area contributed by atoms with Crippen LogP contribution in [0.2, 0.25) is 0 Å². The second kappa shape index (κ2) is 8.21. The molecule has 0 N–H and O–H groups in total. The molecule has 4 rings (SSSR count). The highest BCUT2D eigenvalue weighted by atomic mass is 16.5. The topological polar surface area (TPSA) is 52.6 Å². The van der Waals surface area contributed by atoms with Gasteiger partial charge >= 0.3 is 5.97 Å². The summed E-state index contributed by atoms with van der Waals surface area (Å²) in [7, 11) is 0. The summed E-state index contributed by atoms with van der Waals surface area (Å²) in [6, 6.07) is 20.2. The van der Waals surface area contributed by atoms with Crippen molar-refractivity contribution in [3.8, 4) is 11.5 Å². The second-order valence-electron chi connectivity index (χ2n) is 7.10. The Hall–Kier alpha value is -3.92. The van der Waals surface area contributed by atoms with Crippen LogP contribution >= 0.6 is 0 Å². The predicted octanol–water partition coefficient (Wildman–Crippen LogP) is 5.70. The number of benzene rings is 3. The molecule has 0 aliphatic carbocycles. The maximum absolute atomic E-state index is 12.7. The van der Waals surface area contributed by atoms with Crippen molar-refractivity contribution in [2.75, 3.05) is 0 Å². The van der Waals surface area contributed by atoms with Crippen LogP contribution in [0, 0.1) is 13.8 Å². The Bertz CT molecular complexity index is 1170. The predicted molar refractivity (Wildman–Crippen MR) is 116 cm³/mol. The van der Waals surface area contributed by atoms with Crippen LogP contribution in [0.3, 0.4) is 0 Å². The molecule has 4 heteroatoms. The van der Waals surface area contributed by atoms with E-state index in [-0.39, 0.29) is 11.5 Å². The van der Waals surface area contributed by atoms with Gasteiger partial charge in [-0.2, -0.15) is 0 Å². The van der Waals surface area contributed by atoms with E-state index in [1.54, 1.807) is 43.3 Å². The molecule has 3 aromatic carbocycles. The molecule has 0 spiro atoms. The van der Waals surface area contributed by atoms with Gasteiger partial charge in [0.25, 0.3) is 0 Å². The number of Topliss-reactive ketones (excluding diaryl/α,β-unsaturated/α-hetero) is 1. The number of hydrogen-bond donors (Lipinski definition) is 0. The lowest BCUT2D eigenvalue weighted by Crippen LogP contribution is -2.08. The van der Waals surface area contributed by atoms with Gasteiger partial charge in [0.15, 0.2) is 5.76 Å². The van der Waals surface area contributed by atoms with E-state index in [2.05, 4.69) is 0 Å². The molecule has 1 heterocycles. The number of ether oxygens (including phenoxy) is 2. The summed E-state index contributed by atoms with van der Waals surface area (Å²) in [6.45, 7) is 3.75. The van der Waals surface area contributed by atoms with Crippen molar-refractivity contribution < 1.29 is 19.1 Å². The van der Waals surface area contributed by atoms with E-state index in [4.69, 9.17) is 9.47 Å². The molecular weight excluding hydrogens is 376 g/mol. The van der Waals surface area contributed by atoms with Gasteiger partial charge in [0.2, 0.25) is 5.78 Å². The van der Waals surface area contributed by atoms with Gasteiger partial charge in [-0.1, -0.05) is 60.2 Å². The number of carbonyl (C=O) groups is 2. The molecule has 0 aromatic heterocycles. The first kappa shape index (κ1) is 19.4. The fourth-order valence-corrected chi connectivity index (χ4v) is 3.22. The Morgan fingerprint density at radius 2 is 1.70 bits per heavy atom. The first-order valence-corrected chi connectivity index (χ1v) is 9.61. The Morgan fingerprint density at radius 3 is 2.43 bits per heavy atom. The summed E-state index contributed by atoms with van der Waals surface area (Å²) < 4.78 is 11.2. The average Bonchev–Trinajstić information content (AvgIpc) is 3.05. The lowest BCUT2D eigenvalue weighted by molar-refractivity contribution is 0.0734. The Kier molecular flexibility index (Phi) is 5.31. The van der Waals surface area contributed by atoms with Crippen LogP contribution in [-0.4, -0.2) is 11.8 Å². The number of fused-ring (bicyclic) bond motifs is 1. The molecule has 0 saturated carbocycles. The lowest BCUT2D eigenvalue weighted by Gasteiger charge is -2.08. The summed E-state index contributed by atoms with van der Waals surface area (Å²) in [5, 5.41) is 0. The van der Waals surface area contributed by atoms with Crippen molar-refractivity contribution in [1.82, 2.24) is 0 Å². The zero-order valence-corrected chi connectivity index (χ0v) is 16.7. The summed E-state index contributed by atoms with van der Waals surface area (Å²) in [5.41, 5.74) is 3.73. The molecule has 1 aliphatic heterocycles. The quantitative estimate of drug-likeness (QED) is 0.323. The van der Waals surface area contributed by atoms with E-state index >= 15 is 0 Å². The van der Waals surface area contributed by atoms with Gasteiger partial charge in [0.1, 0.15) is 11.5 Å². The van der Waals surface area contributed by atoms with Crippen LogP contribution < -0.4 is 9.47 Å². The van der Waals surface area contributed by atoms with Crippen LogP contribution in [0.15, 0.2) is 84.6 Å². The molecule has 148 valence electrons. The van der Waals surface area contributed by atoms with Gasteiger partial charge in [-0.3, -0.25) is 4.79 Å². The molecular formula is C26H20O4. The lowest BCUT2D eigenvalue weighted by atomic mass is 10.0. The van der Waals surface area contributed by atoms with E-state index in [0.717, 1.165) is 11.1 Å². The number of rotatable bonds is 4. The van der Waals surface area contributed by atoms with Crippen molar-refractivity contribution in [2.24, 2.45) is 0 Å². The summed E-state index contributed by atoms with van der Waals surface area (Å²) in [5.74, 6) is 0.330. The van der Waals surface area contributed by atoms with Gasteiger partial charge in [-0.05, 0) is 49.2 Å². The van der Waals surface area contributed by atoms with Crippen LogP contribution in [-0.2, 0) is 0 Å². The maximum Gasteiger partial charge on any atom is 0.343 e. The van der Waals surface area contributed by atoms with E-state index in [1.807, 2.05) is 55.5 Å². The zero-order valence-electron chi connectivity index (χ0n) is 16.7. The third-order valence-electron chi connectivity index (χ3n) is 4.78. The smallest absolute Gasteiger partial charge is 0.343 e. The molecule has 0 radical (unpaired) electrons. The van der Waals surface area contributed by atoms with Crippen molar-refractivity contribution >= 4 is 17.8 Å². The number of hydrogen-bond acceptors (Lipinski definition) is 4. The minimum Gasteiger partial charge on any atom is -0.452 e. The first-order chi connectivity index (χ1) is 14.5. The van der Waals surface area contributed by atoms with Crippen molar-refractivity contribution in [2.45, 2.75) is 13.8 Å². The summed E-state index contributed by atoms with van der Waals surface area (Å²) in [6.07, 6.45) is 5.32. The van der Waals surface area contributed by atoms with E-state index in [1.165, 1.54) is 0 Å². The molecule has 0 saturated heterocycles. The number of aryl methyl sites for hydroxylation is 2. The standard InChI is InChI=1S/C26H20O4/c1-17-11-13-20(14-12-17)26(28)29-21-15-18(2)24-23(16-21)30-22(25(24)27)10-6-9-19-7-4-3-5-8-19/h3-16H,1-2H3/b9-6+,22-10-. The highest BCUT2D eigenvalue weighted by molar-refractivity contribution is 6.13.